The zero-order valence-corrected chi connectivity index (χ0v) is 10.1. The number of nitriles is 1. The van der Waals surface area contributed by atoms with Gasteiger partial charge >= 0.3 is 5.97 Å². The SMILES string of the molecule is N#CCCC[C@@H](NC(=O)c1cccc(F)c1)C(=O)O. The third-order valence-corrected chi connectivity index (χ3v) is 2.47. The monoisotopic (exact) mass is 264 g/mol. The zero-order chi connectivity index (χ0) is 14.3. The Hall–Kier alpha value is -2.42. The van der Waals surface area contributed by atoms with Gasteiger partial charge in [0.15, 0.2) is 0 Å². The number of nitrogens with one attached hydrogen (secondary N) is 1. The molecule has 0 bridgehead atoms. The molecule has 0 aliphatic rings. The van der Waals surface area contributed by atoms with Gasteiger partial charge in [-0.25, -0.2) is 9.18 Å². The van der Waals surface area contributed by atoms with Gasteiger partial charge < -0.3 is 10.4 Å². The molecule has 0 spiro atoms. The van der Waals surface area contributed by atoms with Crippen LogP contribution < -0.4 is 5.32 Å². The first-order chi connectivity index (χ1) is 9.04. The van der Waals surface area contributed by atoms with E-state index in [2.05, 4.69) is 5.32 Å². The minimum Gasteiger partial charge on any atom is -0.480 e. The Morgan fingerprint density at radius 3 is 2.79 bits per heavy atom. The Kier molecular flexibility index (Phi) is 5.48. The van der Waals surface area contributed by atoms with Crippen molar-refractivity contribution in [2.45, 2.75) is 25.3 Å². The van der Waals surface area contributed by atoms with Crippen molar-refractivity contribution in [1.82, 2.24) is 5.32 Å². The highest BCUT2D eigenvalue weighted by atomic mass is 19.1. The normalized spacial score (nSPS) is 11.4. The zero-order valence-electron chi connectivity index (χ0n) is 10.1. The standard InChI is InChI=1S/C13H13FN2O3/c14-10-5-3-4-9(8-10)12(17)16-11(13(18)19)6-1-2-7-15/h3-5,8,11H,1-2,6H2,(H,16,17)(H,18,19)/t11-/m1/s1. The van der Waals surface area contributed by atoms with Crippen LogP contribution in [0, 0.1) is 17.1 Å². The maximum Gasteiger partial charge on any atom is 0.326 e. The molecule has 1 atom stereocenters. The molecule has 0 heterocycles. The molecule has 0 unspecified atom stereocenters. The van der Waals surface area contributed by atoms with Crippen LogP contribution in [0.3, 0.4) is 0 Å². The predicted molar refractivity (Wildman–Crippen MR) is 64.8 cm³/mol. The number of hydrogen-bond donors (Lipinski definition) is 2. The highest BCUT2D eigenvalue weighted by Crippen LogP contribution is 2.06. The third-order valence-electron chi connectivity index (χ3n) is 2.47. The lowest BCUT2D eigenvalue weighted by Crippen LogP contribution is -2.40. The molecule has 0 saturated carbocycles. The molecule has 0 aromatic heterocycles. The van der Waals surface area contributed by atoms with Crippen LogP contribution in [0.5, 0.6) is 0 Å². The predicted octanol–water partition coefficient (Wildman–Crippen LogP) is 1.70. The number of unbranched alkanes of at least 4 members (excludes halogenated alkanes) is 1. The Morgan fingerprint density at radius 1 is 1.47 bits per heavy atom. The fraction of sp³-hybridized carbons (Fsp3) is 0.308. The van der Waals surface area contributed by atoms with Crippen molar-refractivity contribution in [3.63, 3.8) is 0 Å². The summed E-state index contributed by atoms with van der Waals surface area (Å²) < 4.78 is 12.9. The van der Waals surface area contributed by atoms with E-state index in [1.54, 1.807) is 0 Å². The van der Waals surface area contributed by atoms with E-state index in [1.165, 1.54) is 18.2 Å². The smallest absolute Gasteiger partial charge is 0.326 e. The van der Waals surface area contributed by atoms with E-state index in [9.17, 15) is 14.0 Å². The van der Waals surface area contributed by atoms with Crippen molar-refractivity contribution in [3.05, 3.63) is 35.6 Å². The van der Waals surface area contributed by atoms with Gasteiger partial charge in [-0.3, -0.25) is 4.79 Å². The lowest BCUT2D eigenvalue weighted by Gasteiger charge is -2.13. The van der Waals surface area contributed by atoms with E-state index >= 15 is 0 Å². The highest BCUT2D eigenvalue weighted by molar-refractivity contribution is 5.96. The van der Waals surface area contributed by atoms with Crippen LogP contribution in [0.1, 0.15) is 29.6 Å². The lowest BCUT2D eigenvalue weighted by molar-refractivity contribution is -0.139. The number of nitrogens with zero attached hydrogens (tertiary/aromatic N) is 1. The first-order valence-electron chi connectivity index (χ1n) is 5.70. The summed E-state index contributed by atoms with van der Waals surface area (Å²) in [6.07, 6.45) is 0.750. The van der Waals surface area contributed by atoms with E-state index < -0.39 is 23.7 Å². The largest absolute Gasteiger partial charge is 0.480 e. The molecule has 0 aliphatic heterocycles. The number of carbonyl (C=O) groups is 2. The summed E-state index contributed by atoms with van der Waals surface area (Å²) in [5.41, 5.74) is 0.0616. The number of halogens is 1. The fourth-order valence-corrected chi connectivity index (χ4v) is 1.51. The van der Waals surface area contributed by atoms with Crippen molar-refractivity contribution < 1.29 is 19.1 Å². The molecule has 5 nitrogen and oxygen atoms in total. The molecule has 0 fully saturated rings. The summed E-state index contributed by atoms with van der Waals surface area (Å²) in [6.45, 7) is 0. The van der Waals surface area contributed by atoms with Gasteiger partial charge in [0, 0.05) is 12.0 Å². The highest BCUT2D eigenvalue weighted by Gasteiger charge is 2.20. The first-order valence-corrected chi connectivity index (χ1v) is 5.70. The third kappa shape index (κ3) is 4.76. The number of hydrogen-bond acceptors (Lipinski definition) is 3. The molecular formula is C13H13FN2O3. The second-order valence-electron chi connectivity index (χ2n) is 3.92. The van der Waals surface area contributed by atoms with Crippen LogP contribution in [-0.4, -0.2) is 23.0 Å². The maximum absolute atomic E-state index is 12.9. The number of benzene rings is 1. The van der Waals surface area contributed by atoms with Gasteiger partial charge in [-0.1, -0.05) is 6.07 Å². The molecule has 19 heavy (non-hydrogen) atoms. The molecule has 1 rings (SSSR count). The molecular weight excluding hydrogens is 251 g/mol. The second-order valence-corrected chi connectivity index (χ2v) is 3.92. The summed E-state index contributed by atoms with van der Waals surface area (Å²) in [7, 11) is 0. The van der Waals surface area contributed by atoms with Gasteiger partial charge in [0.25, 0.3) is 5.91 Å². The fourth-order valence-electron chi connectivity index (χ4n) is 1.51. The average Bonchev–Trinajstić information content (AvgIpc) is 2.37. The Balaban J connectivity index is 2.66. The van der Waals surface area contributed by atoms with Crippen LogP contribution in [0.15, 0.2) is 24.3 Å². The summed E-state index contributed by atoms with van der Waals surface area (Å²) >= 11 is 0. The van der Waals surface area contributed by atoms with Crippen LogP contribution in [0.2, 0.25) is 0 Å². The summed E-state index contributed by atoms with van der Waals surface area (Å²) in [5, 5.41) is 19.6. The molecule has 1 aromatic carbocycles. The van der Waals surface area contributed by atoms with Crippen molar-refractivity contribution in [3.8, 4) is 6.07 Å². The van der Waals surface area contributed by atoms with Crippen molar-refractivity contribution in [1.29, 1.82) is 5.26 Å². The number of carboxylic acids is 1. The summed E-state index contributed by atoms with van der Waals surface area (Å²) in [5.74, 6) is -2.39. The Morgan fingerprint density at radius 2 is 2.21 bits per heavy atom. The molecule has 1 aromatic rings. The van der Waals surface area contributed by atoms with Crippen molar-refractivity contribution >= 4 is 11.9 Å². The summed E-state index contributed by atoms with van der Waals surface area (Å²) in [4.78, 5) is 22.7. The van der Waals surface area contributed by atoms with E-state index in [4.69, 9.17) is 10.4 Å². The van der Waals surface area contributed by atoms with Crippen LogP contribution in [0.25, 0.3) is 0 Å². The van der Waals surface area contributed by atoms with Gasteiger partial charge in [-0.15, -0.1) is 0 Å². The number of carboxylic acid groups (broad SMARTS) is 1. The Labute approximate surface area is 109 Å². The molecule has 1 amide bonds. The second kappa shape index (κ2) is 7.11. The van der Waals surface area contributed by atoms with Gasteiger partial charge in [0.2, 0.25) is 0 Å². The minimum atomic E-state index is -1.18. The molecule has 0 radical (unpaired) electrons. The van der Waals surface area contributed by atoms with Crippen molar-refractivity contribution in [2.24, 2.45) is 0 Å². The number of carbonyl (C=O) groups excluding carboxylic acids is 1. The molecule has 0 aliphatic carbocycles. The van der Waals surface area contributed by atoms with E-state index in [0.717, 1.165) is 6.07 Å². The quantitative estimate of drug-likeness (QED) is 0.765. The number of rotatable bonds is 6. The van der Waals surface area contributed by atoms with Crippen LogP contribution >= 0.6 is 0 Å². The average molecular weight is 264 g/mol. The first kappa shape index (κ1) is 14.6. The van der Waals surface area contributed by atoms with Gasteiger partial charge in [0.05, 0.1) is 6.07 Å². The topological polar surface area (TPSA) is 90.2 Å². The van der Waals surface area contributed by atoms with E-state index in [0.29, 0.717) is 6.42 Å². The van der Waals surface area contributed by atoms with Crippen LogP contribution in [-0.2, 0) is 4.79 Å². The molecule has 6 heteroatoms. The summed E-state index contributed by atoms with van der Waals surface area (Å²) in [6, 6.07) is 5.81. The lowest BCUT2D eigenvalue weighted by atomic mass is 10.1. The number of amides is 1. The van der Waals surface area contributed by atoms with Crippen LogP contribution in [0.4, 0.5) is 4.39 Å². The van der Waals surface area contributed by atoms with Crippen molar-refractivity contribution in [2.75, 3.05) is 0 Å². The maximum atomic E-state index is 12.9. The molecule has 2 N–H and O–H groups in total. The van der Waals surface area contributed by atoms with E-state index in [-0.39, 0.29) is 18.4 Å². The van der Waals surface area contributed by atoms with E-state index in [1.807, 2.05) is 6.07 Å². The molecule has 0 saturated heterocycles. The number of aliphatic carboxylic acids is 1. The minimum absolute atomic E-state index is 0.0616. The van der Waals surface area contributed by atoms with Gasteiger partial charge in [-0.05, 0) is 31.0 Å². The van der Waals surface area contributed by atoms with Gasteiger partial charge in [0.1, 0.15) is 11.9 Å². The molecule has 100 valence electrons. The van der Waals surface area contributed by atoms with Gasteiger partial charge in [-0.2, -0.15) is 5.26 Å². The Bertz CT molecular complexity index is 511.